The molecule has 0 bridgehead atoms. The van der Waals surface area contributed by atoms with Crippen molar-refractivity contribution in [3.63, 3.8) is 0 Å². The third kappa shape index (κ3) is 4.17. The fourth-order valence-electron chi connectivity index (χ4n) is 2.18. The van der Waals surface area contributed by atoms with Gasteiger partial charge in [0, 0.05) is 11.6 Å². The minimum Gasteiger partial charge on any atom is -0.310 e. The first-order valence-electron chi connectivity index (χ1n) is 6.38. The fourth-order valence-corrected chi connectivity index (χ4v) is 6.35. The Bertz CT molecular complexity index is 697. The molecule has 0 aliphatic carbocycles. The number of hydrogen-bond acceptors (Lipinski definition) is 6. The summed E-state index contributed by atoms with van der Waals surface area (Å²) in [6, 6.07) is 1.28. The first kappa shape index (κ1) is 18.9. The van der Waals surface area contributed by atoms with Gasteiger partial charge in [-0.2, -0.15) is 0 Å². The van der Waals surface area contributed by atoms with E-state index in [1.54, 1.807) is 0 Å². The zero-order valence-corrected chi connectivity index (χ0v) is 14.8. The van der Waals surface area contributed by atoms with E-state index in [0.717, 1.165) is 30.7 Å². The lowest BCUT2D eigenvalue weighted by atomic mass is 10.1. The Morgan fingerprint density at radius 2 is 2.14 bits per heavy atom. The van der Waals surface area contributed by atoms with E-state index in [4.69, 9.17) is 5.14 Å². The fraction of sp³-hybridized carbons (Fsp3) is 0.636. The van der Waals surface area contributed by atoms with Gasteiger partial charge in [0.15, 0.2) is 9.84 Å². The van der Waals surface area contributed by atoms with Crippen LogP contribution in [0.5, 0.6) is 0 Å². The van der Waals surface area contributed by atoms with Gasteiger partial charge in [-0.15, -0.1) is 23.7 Å². The second-order valence-electron chi connectivity index (χ2n) is 4.82. The summed E-state index contributed by atoms with van der Waals surface area (Å²) in [5, 5.41) is 8.38. The molecule has 21 heavy (non-hydrogen) atoms. The summed E-state index contributed by atoms with van der Waals surface area (Å²) >= 11 is 0.751. The van der Waals surface area contributed by atoms with Gasteiger partial charge >= 0.3 is 0 Å². The molecule has 0 fully saturated rings. The lowest BCUT2D eigenvalue weighted by molar-refractivity contribution is 0.488. The maximum absolute atomic E-state index is 12.0. The van der Waals surface area contributed by atoms with Crippen LogP contribution in [0.1, 0.15) is 37.8 Å². The Morgan fingerprint density at radius 3 is 2.71 bits per heavy atom. The molecule has 0 aromatic carbocycles. The molecule has 10 heteroatoms. The van der Waals surface area contributed by atoms with E-state index >= 15 is 0 Å². The van der Waals surface area contributed by atoms with E-state index in [0.29, 0.717) is 12.0 Å². The highest BCUT2D eigenvalue weighted by Crippen LogP contribution is 2.39. The Hall–Kier alpha value is -0.190. The van der Waals surface area contributed by atoms with Gasteiger partial charge < -0.3 is 5.32 Å². The van der Waals surface area contributed by atoms with Crippen molar-refractivity contribution in [2.24, 2.45) is 5.14 Å². The third-order valence-corrected chi connectivity index (χ3v) is 8.19. The quantitative estimate of drug-likeness (QED) is 0.758. The molecule has 2 heterocycles. The van der Waals surface area contributed by atoms with Crippen molar-refractivity contribution in [2.45, 2.75) is 40.6 Å². The molecule has 1 atom stereocenters. The van der Waals surface area contributed by atoms with Gasteiger partial charge in [0.1, 0.15) is 8.42 Å². The zero-order valence-electron chi connectivity index (χ0n) is 11.5. The average Bonchev–Trinajstić information content (AvgIpc) is 2.78. The maximum Gasteiger partial charge on any atom is 0.247 e. The molecular weight excluding hydrogens is 356 g/mol. The number of hydrogen-bond donors (Lipinski definition) is 2. The van der Waals surface area contributed by atoms with Gasteiger partial charge in [-0.1, -0.05) is 13.3 Å². The first-order valence-corrected chi connectivity index (χ1v) is 10.4. The topological polar surface area (TPSA) is 106 Å². The van der Waals surface area contributed by atoms with E-state index < -0.39 is 19.9 Å². The molecule has 0 saturated carbocycles. The molecule has 3 N–H and O–H groups in total. The Morgan fingerprint density at radius 1 is 1.48 bits per heavy atom. The summed E-state index contributed by atoms with van der Waals surface area (Å²) in [5.74, 6) is 0.0361. The summed E-state index contributed by atoms with van der Waals surface area (Å²) in [6.07, 6.45) is 2.49. The van der Waals surface area contributed by atoms with Crippen LogP contribution in [0.2, 0.25) is 0 Å². The SMILES string of the molecule is CCCCNC1CCS(=O)(=O)c2sc(S(N)(=O)=O)cc21.Cl. The summed E-state index contributed by atoms with van der Waals surface area (Å²) in [5.41, 5.74) is 0.543. The molecule has 1 aliphatic heterocycles. The van der Waals surface area contributed by atoms with Crippen molar-refractivity contribution in [3.8, 4) is 0 Å². The van der Waals surface area contributed by atoms with Crippen molar-refractivity contribution in [1.82, 2.24) is 5.32 Å². The predicted molar refractivity (Wildman–Crippen MR) is 85.3 cm³/mol. The molecule has 0 spiro atoms. The molecule has 1 aromatic rings. The van der Waals surface area contributed by atoms with Crippen molar-refractivity contribution in [2.75, 3.05) is 12.3 Å². The lowest BCUT2D eigenvalue weighted by Gasteiger charge is -2.23. The Balaban J connectivity index is 0.00000220. The number of fused-ring (bicyclic) bond motifs is 1. The monoisotopic (exact) mass is 374 g/mol. The van der Waals surface area contributed by atoms with E-state index in [-0.39, 0.29) is 32.6 Å². The van der Waals surface area contributed by atoms with Crippen molar-refractivity contribution >= 4 is 43.6 Å². The van der Waals surface area contributed by atoms with Gasteiger partial charge in [-0.3, -0.25) is 0 Å². The first-order chi connectivity index (χ1) is 9.25. The molecule has 1 aromatic heterocycles. The number of halogens is 1. The largest absolute Gasteiger partial charge is 0.310 e. The summed E-state index contributed by atoms with van der Waals surface area (Å²) in [4.78, 5) is 0. The Kier molecular flexibility index (Phi) is 6.22. The highest BCUT2D eigenvalue weighted by atomic mass is 35.5. The van der Waals surface area contributed by atoms with Crippen LogP contribution in [0.4, 0.5) is 0 Å². The molecule has 1 aliphatic rings. The molecule has 1 unspecified atom stereocenters. The third-order valence-electron chi connectivity index (χ3n) is 3.24. The Labute approximate surface area is 135 Å². The molecule has 2 rings (SSSR count). The number of thiophene rings is 1. The van der Waals surface area contributed by atoms with E-state index in [1.807, 2.05) is 0 Å². The van der Waals surface area contributed by atoms with Crippen molar-refractivity contribution in [3.05, 3.63) is 11.6 Å². The number of sulfonamides is 1. The molecule has 0 amide bonds. The zero-order chi connectivity index (χ0) is 15.0. The van der Waals surface area contributed by atoms with Gasteiger partial charge in [0.05, 0.1) is 5.75 Å². The van der Waals surface area contributed by atoms with Crippen molar-refractivity contribution < 1.29 is 16.8 Å². The predicted octanol–water partition coefficient (Wildman–Crippen LogP) is 1.43. The number of rotatable bonds is 5. The molecule has 122 valence electrons. The molecular formula is C11H19ClN2O4S3. The minimum absolute atomic E-state index is 0. The van der Waals surface area contributed by atoms with Gasteiger partial charge in [-0.25, -0.2) is 22.0 Å². The highest BCUT2D eigenvalue weighted by molar-refractivity contribution is 7.95. The van der Waals surface area contributed by atoms with Crippen LogP contribution in [0.15, 0.2) is 14.5 Å². The summed E-state index contributed by atoms with van der Waals surface area (Å²) < 4.78 is 46.9. The van der Waals surface area contributed by atoms with E-state index in [9.17, 15) is 16.8 Å². The van der Waals surface area contributed by atoms with Crippen molar-refractivity contribution in [1.29, 1.82) is 0 Å². The second kappa shape index (κ2) is 6.93. The van der Waals surface area contributed by atoms with E-state index in [1.165, 1.54) is 6.07 Å². The number of nitrogens with one attached hydrogen (secondary N) is 1. The van der Waals surface area contributed by atoms with Crippen LogP contribution in [0.25, 0.3) is 0 Å². The van der Waals surface area contributed by atoms with Gasteiger partial charge in [0.25, 0.3) is 0 Å². The number of unbranched alkanes of at least 4 members (excludes halogenated alkanes) is 1. The number of nitrogens with two attached hydrogens (primary N) is 1. The minimum atomic E-state index is -3.87. The van der Waals surface area contributed by atoms with Crippen LogP contribution in [0, 0.1) is 0 Å². The van der Waals surface area contributed by atoms with Crippen LogP contribution in [-0.4, -0.2) is 29.1 Å². The van der Waals surface area contributed by atoms with Crippen LogP contribution in [0.3, 0.4) is 0 Å². The maximum atomic E-state index is 12.0. The summed E-state index contributed by atoms with van der Waals surface area (Å²) in [6.45, 7) is 2.85. The lowest BCUT2D eigenvalue weighted by Crippen LogP contribution is -2.29. The molecule has 0 saturated heterocycles. The normalized spacial score (nSPS) is 20.6. The van der Waals surface area contributed by atoms with Crippen LogP contribution >= 0.6 is 23.7 Å². The van der Waals surface area contributed by atoms with Gasteiger partial charge in [0.2, 0.25) is 10.0 Å². The average molecular weight is 375 g/mol. The number of primary sulfonamides is 1. The van der Waals surface area contributed by atoms with E-state index in [2.05, 4.69) is 12.2 Å². The number of sulfone groups is 1. The summed E-state index contributed by atoms with van der Waals surface area (Å²) in [7, 11) is -7.26. The highest BCUT2D eigenvalue weighted by Gasteiger charge is 2.34. The standard InChI is InChI=1S/C11H18N2O4S3.ClH/c1-2-3-5-13-9-4-6-19(14,15)11-8(9)7-10(18-11)20(12,16)17;/h7,9,13H,2-6H2,1H3,(H2,12,16,17);1H. The van der Waals surface area contributed by atoms with Gasteiger partial charge in [-0.05, 0) is 25.5 Å². The van der Waals surface area contributed by atoms with Crippen LogP contribution in [-0.2, 0) is 19.9 Å². The van der Waals surface area contributed by atoms with Crippen LogP contribution < -0.4 is 10.5 Å². The second-order valence-corrected chi connectivity index (χ2v) is 9.97. The smallest absolute Gasteiger partial charge is 0.247 e. The molecule has 6 nitrogen and oxygen atoms in total. The molecule has 0 radical (unpaired) electrons.